The summed E-state index contributed by atoms with van der Waals surface area (Å²) in [5.74, 6) is -1.06. The van der Waals surface area contributed by atoms with Gasteiger partial charge < -0.3 is 4.74 Å². The molecule has 8 nitrogen and oxygen atoms in total. The molecule has 29 heavy (non-hydrogen) atoms. The van der Waals surface area contributed by atoms with E-state index in [0.717, 1.165) is 18.3 Å². The Morgan fingerprint density at radius 3 is 2.59 bits per heavy atom. The van der Waals surface area contributed by atoms with Crippen LogP contribution in [0, 0.1) is 21.7 Å². The van der Waals surface area contributed by atoms with Crippen molar-refractivity contribution < 1.29 is 18.4 Å². The van der Waals surface area contributed by atoms with Crippen LogP contribution in [-0.4, -0.2) is 31.1 Å². The first kappa shape index (κ1) is 18.5. The van der Waals surface area contributed by atoms with E-state index in [-0.39, 0.29) is 23.5 Å². The number of hydrogen-bond acceptors (Lipinski definition) is 5. The van der Waals surface area contributed by atoms with Gasteiger partial charge in [0.15, 0.2) is 5.82 Å². The van der Waals surface area contributed by atoms with Crippen molar-refractivity contribution >= 4 is 16.6 Å². The molecule has 148 valence electrons. The molecule has 0 atom stereocenters. The number of rotatable bonds is 6. The molecule has 0 spiro atoms. The van der Waals surface area contributed by atoms with E-state index in [1.54, 1.807) is 31.2 Å². The van der Waals surface area contributed by atoms with Gasteiger partial charge in [-0.3, -0.25) is 14.8 Å². The normalized spacial score (nSPS) is 11.1. The fraction of sp³-hybridized carbons (Fsp3) is 0.158. The molecule has 2 aromatic carbocycles. The maximum atomic E-state index is 14.5. The highest BCUT2D eigenvalue weighted by Gasteiger charge is 2.19. The summed E-state index contributed by atoms with van der Waals surface area (Å²) in [4.78, 5) is 10.4. The predicted octanol–water partition coefficient (Wildman–Crippen LogP) is 3.86. The van der Waals surface area contributed by atoms with Crippen LogP contribution >= 0.6 is 0 Å². The number of fused-ring (bicyclic) bond motifs is 1. The number of halogens is 2. The molecule has 4 aromatic rings. The van der Waals surface area contributed by atoms with Crippen LogP contribution in [0.4, 0.5) is 14.5 Å². The van der Waals surface area contributed by atoms with E-state index in [9.17, 15) is 18.9 Å². The predicted molar refractivity (Wildman–Crippen MR) is 100 cm³/mol. The van der Waals surface area contributed by atoms with Gasteiger partial charge >= 0.3 is 5.69 Å². The van der Waals surface area contributed by atoms with Gasteiger partial charge in [0.25, 0.3) is 0 Å². The minimum atomic E-state index is -0.746. The number of aromatic nitrogens is 4. The summed E-state index contributed by atoms with van der Waals surface area (Å²) in [6.07, 6.45) is 2.34. The van der Waals surface area contributed by atoms with Crippen LogP contribution in [0.5, 0.6) is 5.75 Å². The first-order valence-electron chi connectivity index (χ1n) is 8.73. The third-order valence-corrected chi connectivity index (χ3v) is 4.37. The molecule has 0 aliphatic rings. The Balaban J connectivity index is 1.78. The van der Waals surface area contributed by atoms with Gasteiger partial charge in [-0.25, -0.2) is 13.5 Å². The van der Waals surface area contributed by atoms with Gasteiger partial charge in [-0.05, 0) is 19.1 Å². The molecule has 0 fully saturated rings. The summed E-state index contributed by atoms with van der Waals surface area (Å²) in [7, 11) is 0. The molecule has 0 aliphatic carbocycles. The number of hydrogen-bond donors (Lipinski definition) is 0. The Hall–Kier alpha value is -3.82. The average Bonchev–Trinajstić information content (AvgIpc) is 3.30. The molecule has 0 amide bonds. The summed E-state index contributed by atoms with van der Waals surface area (Å²) < 4.78 is 36.8. The van der Waals surface area contributed by atoms with Gasteiger partial charge in [0.1, 0.15) is 29.8 Å². The first-order valence-corrected chi connectivity index (χ1v) is 8.73. The zero-order valence-electron chi connectivity index (χ0n) is 15.2. The lowest BCUT2D eigenvalue weighted by Crippen LogP contribution is -2.08. The minimum absolute atomic E-state index is 0.112. The third-order valence-electron chi connectivity index (χ3n) is 4.37. The third kappa shape index (κ3) is 3.40. The van der Waals surface area contributed by atoms with Gasteiger partial charge in [0.05, 0.1) is 23.6 Å². The zero-order valence-corrected chi connectivity index (χ0v) is 15.2. The summed E-state index contributed by atoms with van der Waals surface area (Å²) in [5.41, 5.74) is 0.250. The standard InChI is InChI=1S/C19H15F2N5O3/c1-2-29-13-7-16(20)15(17(21)8-13)11-24-18-6-4-3-5-14(18)19(23-24)25-10-12(9-22-25)26(27)28/h3-10H,2,11H2,1H3. The Bertz CT molecular complexity index is 1190. The molecule has 10 heteroatoms. The van der Waals surface area contributed by atoms with Gasteiger partial charge in [0, 0.05) is 23.1 Å². The van der Waals surface area contributed by atoms with E-state index in [2.05, 4.69) is 10.2 Å². The minimum Gasteiger partial charge on any atom is -0.494 e. The maximum Gasteiger partial charge on any atom is 0.307 e. The Labute approximate surface area is 163 Å². The van der Waals surface area contributed by atoms with Gasteiger partial charge in [0.2, 0.25) is 0 Å². The molecular formula is C19H15F2N5O3. The van der Waals surface area contributed by atoms with Gasteiger partial charge in [-0.1, -0.05) is 12.1 Å². The largest absolute Gasteiger partial charge is 0.494 e. The highest BCUT2D eigenvalue weighted by Crippen LogP contribution is 2.26. The molecule has 0 bridgehead atoms. The van der Waals surface area contributed by atoms with Crippen LogP contribution in [0.15, 0.2) is 48.8 Å². The lowest BCUT2D eigenvalue weighted by Gasteiger charge is -2.09. The van der Waals surface area contributed by atoms with E-state index in [4.69, 9.17) is 4.74 Å². The molecule has 2 aromatic heterocycles. The summed E-state index contributed by atoms with van der Waals surface area (Å²) in [5, 5.41) is 20.0. The lowest BCUT2D eigenvalue weighted by atomic mass is 10.2. The van der Waals surface area contributed by atoms with Crippen molar-refractivity contribution in [1.29, 1.82) is 0 Å². The smallest absolute Gasteiger partial charge is 0.307 e. The lowest BCUT2D eigenvalue weighted by molar-refractivity contribution is -0.384. The number of ether oxygens (including phenoxy) is 1. The van der Waals surface area contributed by atoms with Crippen molar-refractivity contribution in [2.75, 3.05) is 6.61 Å². The van der Waals surface area contributed by atoms with E-state index in [1.807, 2.05) is 0 Å². The Kier molecular flexibility index (Phi) is 4.67. The van der Waals surface area contributed by atoms with Gasteiger partial charge in [-0.15, -0.1) is 0 Å². The number of nitrogens with zero attached hydrogens (tertiary/aromatic N) is 5. The van der Waals surface area contributed by atoms with Crippen molar-refractivity contribution in [3.8, 4) is 11.6 Å². The van der Waals surface area contributed by atoms with Crippen molar-refractivity contribution in [3.63, 3.8) is 0 Å². The number of benzene rings is 2. The van der Waals surface area contributed by atoms with Crippen LogP contribution in [-0.2, 0) is 6.54 Å². The van der Waals surface area contributed by atoms with Crippen LogP contribution < -0.4 is 4.74 Å². The molecule has 0 N–H and O–H groups in total. The SMILES string of the molecule is CCOc1cc(F)c(Cn2nc(-n3cc([N+](=O)[O-])cn3)c3ccccc32)c(F)c1. The van der Waals surface area contributed by atoms with Crippen molar-refractivity contribution in [1.82, 2.24) is 19.6 Å². The molecule has 2 heterocycles. The van der Waals surface area contributed by atoms with E-state index < -0.39 is 16.6 Å². The van der Waals surface area contributed by atoms with Crippen molar-refractivity contribution in [2.45, 2.75) is 13.5 Å². The molecule has 0 aliphatic heterocycles. The second-order valence-corrected chi connectivity index (χ2v) is 6.20. The van der Waals surface area contributed by atoms with E-state index in [1.165, 1.54) is 15.6 Å². The van der Waals surface area contributed by atoms with Crippen molar-refractivity contribution in [2.24, 2.45) is 0 Å². The monoisotopic (exact) mass is 399 g/mol. The quantitative estimate of drug-likeness (QED) is 0.363. The number of para-hydroxylation sites is 1. The van der Waals surface area contributed by atoms with Gasteiger partial charge in [-0.2, -0.15) is 10.2 Å². The van der Waals surface area contributed by atoms with Crippen LogP contribution in [0.1, 0.15) is 12.5 Å². The molecule has 0 radical (unpaired) electrons. The zero-order chi connectivity index (χ0) is 20.5. The highest BCUT2D eigenvalue weighted by atomic mass is 19.1. The first-order chi connectivity index (χ1) is 14.0. The summed E-state index contributed by atoms with van der Waals surface area (Å²) in [6.45, 7) is 1.84. The maximum absolute atomic E-state index is 14.5. The second kappa shape index (κ2) is 7.30. The number of nitro groups is 1. The van der Waals surface area contributed by atoms with E-state index >= 15 is 0 Å². The van der Waals surface area contributed by atoms with Crippen LogP contribution in [0.25, 0.3) is 16.7 Å². The van der Waals surface area contributed by atoms with Crippen molar-refractivity contribution in [3.05, 3.63) is 76.1 Å². The van der Waals surface area contributed by atoms with E-state index in [0.29, 0.717) is 23.3 Å². The van der Waals surface area contributed by atoms with Crippen LogP contribution in [0.3, 0.4) is 0 Å². The average molecular weight is 399 g/mol. The highest BCUT2D eigenvalue weighted by molar-refractivity contribution is 5.86. The fourth-order valence-corrected chi connectivity index (χ4v) is 3.05. The Morgan fingerprint density at radius 1 is 1.21 bits per heavy atom. The second-order valence-electron chi connectivity index (χ2n) is 6.20. The summed E-state index contributed by atoms with van der Waals surface area (Å²) >= 11 is 0. The molecule has 0 unspecified atom stereocenters. The van der Waals surface area contributed by atoms with Crippen LogP contribution in [0.2, 0.25) is 0 Å². The molecule has 0 saturated carbocycles. The topological polar surface area (TPSA) is 88.0 Å². The summed E-state index contributed by atoms with van der Waals surface area (Å²) in [6, 6.07) is 9.30. The molecule has 4 rings (SSSR count). The molecule has 0 saturated heterocycles. The Morgan fingerprint density at radius 2 is 1.93 bits per heavy atom. The molecular weight excluding hydrogens is 384 g/mol. The fourth-order valence-electron chi connectivity index (χ4n) is 3.05.